The summed E-state index contributed by atoms with van der Waals surface area (Å²) >= 11 is 0. The Labute approximate surface area is 164 Å². The number of carbonyl (C=O) groups is 1. The minimum Gasteiger partial charge on any atom is -0.497 e. The van der Waals surface area contributed by atoms with E-state index in [1.807, 2.05) is 24.3 Å². The van der Waals surface area contributed by atoms with Crippen molar-refractivity contribution in [3.63, 3.8) is 0 Å². The molecule has 3 aromatic rings. The molecule has 0 fully saturated rings. The van der Waals surface area contributed by atoms with Gasteiger partial charge in [-0.25, -0.2) is 0 Å². The van der Waals surface area contributed by atoms with Crippen LogP contribution >= 0.6 is 0 Å². The summed E-state index contributed by atoms with van der Waals surface area (Å²) in [6, 6.07) is 16.7. The maximum Gasteiger partial charge on any atom is 0.291 e. The number of benzene rings is 2. The van der Waals surface area contributed by atoms with Crippen molar-refractivity contribution in [3.8, 4) is 22.8 Å². The lowest BCUT2D eigenvalue weighted by atomic mass is 10.1. The average Bonchev–Trinajstić information content (AvgIpc) is 3.22. The summed E-state index contributed by atoms with van der Waals surface area (Å²) in [4.78, 5) is 12.5. The third-order valence-electron chi connectivity index (χ3n) is 4.26. The fourth-order valence-electron chi connectivity index (χ4n) is 2.74. The Hall–Kier alpha value is -3.25. The summed E-state index contributed by atoms with van der Waals surface area (Å²) in [6.07, 6.45) is 0. The molecule has 0 bridgehead atoms. The molecule has 0 aliphatic heterocycles. The number of furan rings is 1. The van der Waals surface area contributed by atoms with Crippen molar-refractivity contribution in [2.24, 2.45) is 0 Å². The third-order valence-corrected chi connectivity index (χ3v) is 4.26. The number of nitrogens with one attached hydrogen (secondary N) is 2. The van der Waals surface area contributed by atoms with E-state index >= 15 is 0 Å². The quantitative estimate of drug-likeness (QED) is 0.609. The number of rotatable bonds is 8. The molecule has 2 N–H and O–H groups in total. The predicted molar refractivity (Wildman–Crippen MR) is 109 cm³/mol. The molecule has 0 unspecified atom stereocenters. The number of ether oxygens (including phenoxy) is 2. The normalized spacial score (nSPS) is 10.5. The second-order valence-corrected chi connectivity index (χ2v) is 6.20. The van der Waals surface area contributed by atoms with Crippen LogP contribution in [0.4, 0.5) is 5.69 Å². The topological polar surface area (TPSA) is 72.7 Å². The van der Waals surface area contributed by atoms with Crippen LogP contribution in [0, 0.1) is 0 Å². The van der Waals surface area contributed by atoms with Crippen molar-refractivity contribution in [2.45, 2.75) is 13.5 Å². The van der Waals surface area contributed by atoms with E-state index in [9.17, 15) is 4.79 Å². The summed E-state index contributed by atoms with van der Waals surface area (Å²) in [7, 11) is 3.12. The monoisotopic (exact) mass is 380 g/mol. The van der Waals surface area contributed by atoms with Gasteiger partial charge in [0.1, 0.15) is 17.3 Å². The zero-order valence-electron chi connectivity index (χ0n) is 16.2. The second-order valence-electron chi connectivity index (χ2n) is 6.20. The van der Waals surface area contributed by atoms with Crippen LogP contribution in [0.5, 0.6) is 11.5 Å². The van der Waals surface area contributed by atoms with Gasteiger partial charge in [0.15, 0.2) is 5.76 Å². The van der Waals surface area contributed by atoms with Crippen molar-refractivity contribution in [3.05, 3.63) is 65.9 Å². The first-order chi connectivity index (χ1) is 13.6. The van der Waals surface area contributed by atoms with Crippen molar-refractivity contribution >= 4 is 11.6 Å². The van der Waals surface area contributed by atoms with E-state index in [1.165, 1.54) is 5.56 Å². The van der Waals surface area contributed by atoms with E-state index in [-0.39, 0.29) is 11.7 Å². The van der Waals surface area contributed by atoms with Gasteiger partial charge in [-0.3, -0.25) is 4.79 Å². The molecule has 0 aliphatic rings. The molecule has 2 aromatic carbocycles. The van der Waals surface area contributed by atoms with E-state index in [0.717, 1.165) is 18.7 Å². The third kappa shape index (κ3) is 4.72. The average molecular weight is 380 g/mol. The largest absolute Gasteiger partial charge is 0.497 e. The SMILES string of the molecule is CCNCc1ccc(-c2ccc(C(=O)Nc3cc(OC)cc(OC)c3)o2)cc1. The highest BCUT2D eigenvalue weighted by Crippen LogP contribution is 2.27. The van der Waals surface area contributed by atoms with Gasteiger partial charge in [0.25, 0.3) is 5.91 Å². The Morgan fingerprint density at radius 1 is 0.964 bits per heavy atom. The molecule has 6 nitrogen and oxygen atoms in total. The lowest BCUT2D eigenvalue weighted by molar-refractivity contribution is 0.0997. The molecule has 1 aromatic heterocycles. The Bertz CT molecular complexity index is 910. The van der Waals surface area contributed by atoms with E-state index in [4.69, 9.17) is 13.9 Å². The number of hydrogen-bond acceptors (Lipinski definition) is 5. The van der Waals surface area contributed by atoms with Crippen LogP contribution in [0.2, 0.25) is 0 Å². The smallest absolute Gasteiger partial charge is 0.291 e. The van der Waals surface area contributed by atoms with Crippen molar-refractivity contribution in [2.75, 3.05) is 26.1 Å². The molecule has 6 heteroatoms. The van der Waals surface area contributed by atoms with Crippen LogP contribution in [-0.4, -0.2) is 26.7 Å². The molecule has 0 spiro atoms. The van der Waals surface area contributed by atoms with Crippen molar-refractivity contribution in [1.29, 1.82) is 0 Å². The van der Waals surface area contributed by atoms with Crippen LogP contribution in [-0.2, 0) is 6.54 Å². The van der Waals surface area contributed by atoms with Gasteiger partial charge in [-0.1, -0.05) is 31.2 Å². The van der Waals surface area contributed by atoms with Crippen molar-refractivity contribution in [1.82, 2.24) is 5.32 Å². The second kappa shape index (κ2) is 9.10. The molecule has 1 heterocycles. The molecule has 146 valence electrons. The van der Waals surface area contributed by atoms with Gasteiger partial charge in [-0.05, 0) is 24.2 Å². The maximum absolute atomic E-state index is 12.5. The van der Waals surface area contributed by atoms with Crippen LogP contribution in [0.1, 0.15) is 23.0 Å². The number of amides is 1. The standard InChI is InChI=1S/C22H24N2O4/c1-4-23-14-15-5-7-16(8-6-15)20-9-10-21(28-20)22(25)24-17-11-18(26-2)13-19(12-17)27-3/h5-13,23H,4,14H2,1-3H3,(H,24,25). The number of methoxy groups -OCH3 is 2. The zero-order valence-corrected chi connectivity index (χ0v) is 16.2. The fourth-order valence-corrected chi connectivity index (χ4v) is 2.74. The van der Waals surface area contributed by atoms with Gasteiger partial charge in [-0.15, -0.1) is 0 Å². The summed E-state index contributed by atoms with van der Waals surface area (Å²) in [5, 5.41) is 6.09. The first-order valence-electron chi connectivity index (χ1n) is 9.07. The van der Waals surface area contributed by atoms with Crippen LogP contribution in [0.15, 0.2) is 59.0 Å². The molecule has 0 saturated carbocycles. The molecular weight excluding hydrogens is 356 g/mol. The van der Waals surface area contributed by atoms with E-state index < -0.39 is 0 Å². The highest BCUT2D eigenvalue weighted by Gasteiger charge is 2.14. The van der Waals surface area contributed by atoms with Crippen LogP contribution in [0.25, 0.3) is 11.3 Å². The highest BCUT2D eigenvalue weighted by atomic mass is 16.5. The van der Waals surface area contributed by atoms with Gasteiger partial charge in [0.05, 0.1) is 14.2 Å². The highest BCUT2D eigenvalue weighted by molar-refractivity contribution is 6.02. The van der Waals surface area contributed by atoms with E-state index in [2.05, 4.69) is 17.6 Å². The molecule has 0 saturated heterocycles. The fraction of sp³-hybridized carbons (Fsp3) is 0.227. The first kappa shape index (κ1) is 19.5. The van der Waals surface area contributed by atoms with Crippen LogP contribution in [0.3, 0.4) is 0 Å². The summed E-state index contributed by atoms with van der Waals surface area (Å²) in [5.41, 5.74) is 2.68. The Kier molecular flexibility index (Phi) is 6.34. The molecule has 3 rings (SSSR count). The van der Waals surface area contributed by atoms with Gasteiger partial charge in [-0.2, -0.15) is 0 Å². The van der Waals surface area contributed by atoms with Gasteiger partial charge in [0.2, 0.25) is 0 Å². The summed E-state index contributed by atoms with van der Waals surface area (Å²) < 4.78 is 16.2. The Morgan fingerprint density at radius 2 is 1.64 bits per heavy atom. The first-order valence-corrected chi connectivity index (χ1v) is 9.07. The Balaban J connectivity index is 1.72. The number of hydrogen-bond donors (Lipinski definition) is 2. The summed E-state index contributed by atoms with van der Waals surface area (Å²) in [5.74, 6) is 1.71. The molecule has 0 radical (unpaired) electrons. The lowest BCUT2D eigenvalue weighted by Crippen LogP contribution is -2.11. The molecule has 0 aliphatic carbocycles. The molecule has 28 heavy (non-hydrogen) atoms. The van der Waals surface area contributed by atoms with Gasteiger partial charge >= 0.3 is 0 Å². The number of carbonyl (C=O) groups excluding carboxylic acids is 1. The number of anilines is 1. The minimum absolute atomic E-state index is 0.230. The maximum atomic E-state index is 12.5. The summed E-state index contributed by atoms with van der Waals surface area (Å²) in [6.45, 7) is 3.83. The minimum atomic E-state index is -0.342. The van der Waals surface area contributed by atoms with Crippen molar-refractivity contribution < 1.29 is 18.7 Å². The van der Waals surface area contributed by atoms with Gasteiger partial charge < -0.3 is 24.5 Å². The van der Waals surface area contributed by atoms with E-state index in [0.29, 0.717) is 22.9 Å². The zero-order chi connectivity index (χ0) is 19.9. The van der Waals surface area contributed by atoms with Crippen LogP contribution < -0.4 is 20.1 Å². The Morgan fingerprint density at radius 3 is 2.25 bits per heavy atom. The van der Waals surface area contributed by atoms with Gasteiger partial charge in [0, 0.05) is 36.0 Å². The van der Waals surface area contributed by atoms with E-state index in [1.54, 1.807) is 44.6 Å². The lowest BCUT2D eigenvalue weighted by Gasteiger charge is -2.09. The molecule has 0 atom stereocenters. The molecule has 1 amide bonds. The predicted octanol–water partition coefficient (Wildman–Crippen LogP) is 4.33. The molecular formula is C22H24N2O4.